The molecule has 4 nitrogen and oxygen atoms in total. The number of aryl methyl sites for hydroxylation is 1. The molecule has 1 aliphatic heterocycles. The number of ether oxygens (including phenoxy) is 1. The zero-order valence-electron chi connectivity index (χ0n) is 14.4. The summed E-state index contributed by atoms with van der Waals surface area (Å²) >= 11 is 0. The fraction of sp³-hybridized carbons (Fsp3) is 0.300. The van der Waals surface area contributed by atoms with Crippen molar-refractivity contribution in [3.05, 3.63) is 65.2 Å². The summed E-state index contributed by atoms with van der Waals surface area (Å²) in [7, 11) is 0. The van der Waals surface area contributed by atoms with Crippen LogP contribution in [0.15, 0.2) is 48.5 Å². The molecule has 24 heavy (non-hydrogen) atoms. The maximum Gasteiger partial charge on any atom is 0.304 e. The number of anilines is 1. The number of carbonyl (C=O) groups excluding carboxylic acids is 2. The lowest BCUT2D eigenvalue weighted by atomic mass is 9.85. The van der Waals surface area contributed by atoms with Gasteiger partial charge in [0.15, 0.2) is 0 Å². The van der Waals surface area contributed by atoms with E-state index in [4.69, 9.17) is 4.74 Å². The van der Waals surface area contributed by atoms with E-state index in [9.17, 15) is 9.59 Å². The minimum absolute atomic E-state index is 0.0677. The number of esters is 1. The summed E-state index contributed by atoms with van der Waals surface area (Å²) < 4.78 is 5.56. The SMILES string of the molecule is CC(=O)OC(c1ccccc1)N1C(=O)C(C)(C)c2cccc(C)c21. The van der Waals surface area contributed by atoms with Gasteiger partial charge in [0.1, 0.15) is 0 Å². The van der Waals surface area contributed by atoms with Gasteiger partial charge in [0.25, 0.3) is 0 Å². The molecule has 0 saturated heterocycles. The van der Waals surface area contributed by atoms with Crippen molar-refractivity contribution in [3.8, 4) is 0 Å². The molecule has 0 aliphatic carbocycles. The Morgan fingerprint density at radius 3 is 2.38 bits per heavy atom. The van der Waals surface area contributed by atoms with E-state index in [1.54, 1.807) is 4.90 Å². The second kappa shape index (κ2) is 5.78. The predicted octanol–water partition coefficient (Wildman–Crippen LogP) is 3.88. The molecule has 1 aliphatic rings. The molecule has 0 radical (unpaired) electrons. The number of benzene rings is 2. The van der Waals surface area contributed by atoms with Crippen molar-refractivity contribution in [2.45, 2.75) is 39.3 Å². The van der Waals surface area contributed by atoms with Crippen LogP contribution in [-0.4, -0.2) is 11.9 Å². The largest absolute Gasteiger partial charge is 0.437 e. The van der Waals surface area contributed by atoms with Crippen LogP contribution in [-0.2, 0) is 19.7 Å². The van der Waals surface area contributed by atoms with E-state index in [0.717, 1.165) is 22.4 Å². The number of nitrogens with zero attached hydrogens (tertiary/aromatic N) is 1. The summed E-state index contributed by atoms with van der Waals surface area (Å²) in [4.78, 5) is 26.5. The summed E-state index contributed by atoms with van der Waals surface area (Å²) in [5.74, 6) is -0.488. The zero-order chi connectivity index (χ0) is 17.5. The predicted molar refractivity (Wildman–Crippen MR) is 92.6 cm³/mol. The summed E-state index contributed by atoms with van der Waals surface area (Å²) in [6.45, 7) is 7.14. The van der Waals surface area contributed by atoms with Crippen LogP contribution in [0.3, 0.4) is 0 Å². The number of carbonyl (C=O) groups is 2. The van der Waals surface area contributed by atoms with E-state index in [-0.39, 0.29) is 5.91 Å². The molecule has 2 aromatic rings. The van der Waals surface area contributed by atoms with E-state index in [0.29, 0.717) is 0 Å². The maximum atomic E-state index is 13.2. The van der Waals surface area contributed by atoms with Gasteiger partial charge in [0.05, 0.1) is 11.1 Å². The van der Waals surface area contributed by atoms with Crippen molar-refractivity contribution >= 4 is 17.6 Å². The molecular formula is C20H21NO3. The molecule has 0 N–H and O–H groups in total. The van der Waals surface area contributed by atoms with E-state index in [1.165, 1.54) is 6.92 Å². The lowest BCUT2D eigenvalue weighted by molar-refractivity contribution is -0.148. The topological polar surface area (TPSA) is 46.6 Å². The first kappa shape index (κ1) is 16.2. The van der Waals surface area contributed by atoms with Crippen LogP contribution in [0.2, 0.25) is 0 Å². The monoisotopic (exact) mass is 323 g/mol. The van der Waals surface area contributed by atoms with Gasteiger partial charge in [-0.15, -0.1) is 0 Å². The average molecular weight is 323 g/mol. The van der Waals surface area contributed by atoms with Crippen LogP contribution in [0.1, 0.15) is 43.7 Å². The first-order valence-corrected chi connectivity index (χ1v) is 8.00. The highest BCUT2D eigenvalue weighted by atomic mass is 16.6. The van der Waals surface area contributed by atoms with Gasteiger partial charge >= 0.3 is 5.97 Å². The smallest absolute Gasteiger partial charge is 0.304 e. The number of rotatable bonds is 3. The Kier molecular flexibility index (Phi) is 3.91. The van der Waals surface area contributed by atoms with Crippen LogP contribution in [0.25, 0.3) is 0 Å². The van der Waals surface area contributed by atoms with Crippen LogP contribution in [0, 0.1) is 6.92 Å². The fourth-order valence-electron chi connectivity index (χ4n) is 3.27. The van der Waals surface area contributed by atoms with Gasteiger partial charge in [-0.2, -0.15) is 0 Å². The van der Waals surface area contributed by atoms with Gasteiger partial charge in [0, 0.05) is 12.5 Å². The van der Waals surface area contributed by atoms with Crippen molar-refractivity contribution < 1.29 is 14.3 Å². The molecule has 0 spiro atoms. The summed E-state index contributed by atoms with van der Waals surface area (Å²) in [6, 6.07) is 15.3. The third-order valence-electron chi connectivity index (χ3n) is 4.50. The molecule has 1 heterocycles. The summed E-state index contributed by atoms with van der Waals surface area (Å²) in [6.07, 6.45) is -0.766. The van der Waals surface area contributed by atoms with Crippen molar-refractivity contribution in [2.24, 2.45) is 0 Å². The quantitative estimate of drug-likeness (QED) is 0.805. The number of para-hydroxylation sites is 1. The molecule has 124 valence electrons. The van der Waals surface area contributed by atoms with Crippen molar-refractivity contribution in [3.63, 3.8) is 0 Å². The second-order valence-electron chi connectivity index (χ2n) is 6.64. The molecule has 0 aromatic heterocycles. The van der Waals surface area contributed by atoms with E-state index < -0.39 is 17.6 Å². The van der Waals surface area contributed by atoms with Gasteiger partial charge in [0.2, 0.25) is 12.1 Å². The third-order valence-corrected chi connectivity index (χ3v) is 4.50. The van der Waals surface area contributed by atoms with Crippen molar-refractivity contribution in [1.82, 2.24) is 0 Å². The van der Waals surface area contributed by atoms with Gasteiger partial charge in [-0.1, -0.05) is 48.5 Å². The van der Waals surface area contributed by atoms with E-state index >= 15 is 0 Å². The Labute approximate surface area is 142 Å². The van der Waals surface area contributed by atoms with Crippen molar-refractivity contribution in [1.29, 1.82) is 0 Å². The fourth-order valence-corrected chi connectivity index (χ4v) is 3.27. The first-order valence-electron chi connectivity index (χ1n) is 8.00. The molecule has 0 bridgehead atoms. The van der Waals surface area contributed by atoms with Crippen LogP contribution in [0.4, 0.5) is 5.69 Å². The van der Waals surface area contributed by atoms with Crippen molar-refractivity contribution in [2.75, 3.05) is 4.90 Å². The second-order valence-corrected chi connectivity index (χ2v) is 6.64. The first-order chi connectivity index (χ1) is 11.3. The standard InChI is InChI=1S/C20H21NO3/c1-13-9-8-12-16-17(13)21(19(23)20(16,3)4)18(24-14(2)22)15-10-6-5-7-11-15/h5-12,18H,1-4H3. The molecule has 3 rings (SSSR count). The highest BCUT2D eigenvalue weighted by Gasteiger charge is 2.48. The summed E-state index contributed by atoms with van der Waals surface area (Å²) in [5.41, 5.74) is 2.89. The van der Waals surface area contributed by atoms with Crippen LogP contribution >= 0.6 is 0 Å². The lowest BCUT2D eigenvalue weighted by Crippen LogP contribution is -2.40. The Morgan fingerprint density at radius 1 is 1.08 bits per heavy atom. The third kappa shape index (κ3) is 2.48. The Morgan fingerprint density at radius 2 is 1.75 bits per heavy atom. The molecule has 4 heteroatoms. The summed E-state index contributed by atoms with van der Waals surface area (Å²) in [5, 5.41) is 0. The maximum absolute atomic E-state index is 13.2. The molecule has 1 unspecified atom stereocenters. The number of hydrogen-bond acceptors (Lipinski definition) is 3. The molecular weight excluding hydrogens is 302 g/mol. The number of fused-ring (bicyclic) bond motifs is 1. The zero-order valence-corrected chi connectivity index (χ0v) is 14.4. The van der Waals surface area contributed by atoms with Gasteiger partial charge in [-0.3, -0.25) is 14.5 Å². The highest BCUT2D eigenvalue weighted by Crippen LogP contribution is 2.47. The van der Waals surface area contributed by atoms with E-state index in [2.05, 4.69) is 0 Å². The molecule has 2 aromatic carbocycles. The Bertz CT molecular complexity index is 796. The molecule has 0 saturated carbocycles. The minimum atomic E-state index is -0.766. The lowest BCUT2D eigenvalue weighted by Gasteiger charge is -2.30. The molecule has 0 fully saturated rings. The van der Waals surface area contributed by atoms with Crippen LogP contribution < -0.4 is 4.90 Å². The van der Waals surface area contributed by atoms with E-state index in [1.807, 2.05) is 69.3 Å². The van der Waals surface area contributed by atoms with Crippen LogP contribution in [0.5, 0.6) is 0 Å². The number of amides is 1. The molecule has 1 atom stereocenters. The molecule has 1 amide bonds. The highest BCUT2D eigenvalue weighted by molar-refractivity contribution is 6.08. The normalized spacial score (nSPS) is 16.7. The van der Waals surface area contributed by atoms with Gasteiger partial charge in [-0.25, -0.2) is 0 Å². The Balaban J connectivity index is 2.19. The number of hydrogen-bond donors (Lipinski definition) is 0. The Hall–Kier alpha value is -2.62. The average Bonchev–Trinajstić information content (AvgIpc) is 2.75. The minimum Gasteiger partial charge on any atom is -0.437 e. The van der Waals surface area contributed by atoms with Gasteiger partial charge in [-0.05, 0) is 31.9 Å². The van der Waals surface area contributed by atoms with Gasteiger partial charge < -0.3 is 4.74 Å².